The molecule has 2 aromatic rings. The number of rotatable bonds is 6. The SMILES string of the molecule is CCCOc1ccccc1/C=N\NC(=O)c1ccncc1. The number of hydrazone groups is 1. The van der Waals surface area contributed by atoms with Crippen LogP contribution in [0.3, 0.4) is 0 Å². The Bertz CT molecular complexity index is 612. The van der Waals surface area contributed by atoms with Crippen LogP contribution in [-0.2, 0) is 0 Å². The van der Waals surface area contributed by atoms with E-state index in [1.165, 1.54) is 0 Å². The summed E-state index contributed by atoms with van der Waals surface area (Å²) in [6, 6.07) is 10.8. The smallest absolute Gasteiger partial charge is 0.271 e. The molecule has 1 amide bonds. The zero-order valence-electron chi connectivity index (χ0n) is 11.8. The fraction of sp³-hybridized carbons (Fsp3) is 0.188. The second kappa shape index (κ2) is 7.79. The number of nitrogens with zero attached hydrogens (tertiary/aromatic N) is 2. The summed E-state index contributed by atoms with van der Waals surface area (Å²) in [6.07, 6.45) is 5.63. The molecule has 0 spiro atoms. The van der Waals surface area contributed by atoms with Crippen molar-refractivity contribution in [3.05, 3.63) is 59.9 Å². The van der Waals surface area contributed by atoms with Gasteiger partial charge in [0.15, 0.2) is 0 Å². The third kappa shape index (κ3) is 4.42. The van der Waals surface area contributed by atoms with Crippen molar-refractivity contribution in [2.45, 2.75) is 13.3 Å². The molecule has 1 N–H and O–H groups in total. The molecule has 0 aliphatic heterocycles. The molecule has 1 heterocycles. The van der Waals surface area contributed by atoms with Crippen LogP contribution in [-0.4, -0.2) is 23.7 Å². The number of pyridine rings is 1. The van der Waals surface area contributed by atoms with Gasteiger partial charge in [-0.05, 0) is 30.7 Å². The number of carbonyl (C=O) groups excluding carboxylic acids is 1. The summed E-state index contributed by atoms with van der Waals surface area (Å²) >= 11 is 0. The van der Waals surface area contributed by atoms with E-state index in [2.05, 4.69) is 15.5 Å². The number of aromatic nitrogens is 1. The third-order valence-electron chi connectivity index (χ3n) is 2.69. The van der Waals surface area contributed by atoms with E-state index >= 15 is 0 Å². The predicted molar refractivity (Wildman–Crippen MR) is 81.5 cm³/mol. The highest BCUT2D eigenvalue weighted by molar-refractivity contribution is 5.94. The van der Waals surface area contributed by atoms with Crippen molar-refractivity contribution in [3.63, 3.8) is 0 Å². The summed E-state index contributed by atoms with van der Waals surface area (Å²) in [5.74, 6) is 0.474. The first kappa shape index (κ1) is 14.7. The maximum absolute atomic E-state index is 11.8. The minimum absolute atomic E-state index is 0.277. The monoisotopic (exact) mass is 283 g/mol. The number of carbonyl (C=O) groups is 1. The van der Waals surface area contributed by atoms with Gasteiger partial charge in [0, 0.05) is 23.5 Å². The van der Waals surface area contributed by atoms with Crippen LogP contribution < -0.4 is 10.2 Å². The van der Waals surface area contributed by atoms with Crippen LogP contribution in [0.25, 0.3) is 0 Å². The molecule has 5 nitrogen and oxygen atoms in total. The quantitative estimate of drug-likeness (QED) is 0.654. The zero-order chi connectivity index (χ0) is 14.9. The lowest BCUT2D eigenvalue weighted by Gasteiger charge is -2.07. The second-order valence-corrected chi connectivity index (χ2v) is 4.32. The average Bonchev–Trinajstić information content (AvgIpc) is 2.54. The fourth-order valence-corrected chi connectivity index (χ4v) is 1.66. The maximum Gasteiger partial charge on any atom is 0.271 e. The Kier molecular flexibility index (Phi) is 5.46. The van der Waals surface area contributed by atoms with Gasteiger partial charge in [0.25, 0.3) is 5.91 Å². The molecule has 0 saturated carbocycles. The molecule has 108 valence electrons. The van der Waals surface area contributed by atoms with Gasteiger partial charge in [-0.15, -0.1) is 0 Å². The maximum atomic E-state index is 11.8. The zero-order valence-corrected chi connectivity index (χ0v) is 11.8. The minimum Gasteiger partial charge on any atom is -0.493 e. The van der Waals surface area contributed by atoms with E-state index in [9.17, 15) is 4.79 Å². The van der Waals surface area contributed by atoms with Crippen molar-refractivity contribution >= 4 is 12.1 Å². The third-order valence-corrected chi connectivity index (χ3v) is 2.69. The largest absolute Gasteiger partial charge is 0.493 e. The highest BCUT2D eigenvalue weighted by Crippen LogP contribution is 2.15. The minimum atomic E-state index is -0.277. The van der Waals surface area contributed by atoms with E-state index in [1.54, 1.807) is 30.7 Å². The van der Waals surface area contributed by atoms with Crippen LogP contribution in [0, 0.1) is 0 Å². The van der Waals surface area contributed by atoms with E-state index in [4.69, 9.17) is 4.74 Å². The van der Waals surface area contributed by atoms with Gasteiger partial charge in [0.05, 0.1) is 12.8 Å². The first-order valence-corrected chi connectivity index (χ1v) is 6.76. The lowest BCUT2D eigenvalue weighted by Crippen LogP contribution is -2.17. The number of hydrogen-bond donors (Lipinski definition) is 1. The number of hydrogen-bond acceptors (Lipinski definition) is 4. The molecule has 0 bridgehead atoms. The molecule has 5 heteroatoms. The topological polar surface area (TPSA) is 63.6 Å². The van der Waals surface area contributed by atoms with E-state index in [1.807, 2.05) is 31.2 Å². The van der Waals surface area contributed by atoms with Crippen molar-refractivity contribution < 1.29 is 9.53 Å². The lowest BCUT2D eigenvalue weighted by atomic mass is 10.2. The molecule has 0 saturated heterocycles. The number of benzene rings is 1. The average molecular weight is 283 g/mol. The Hall–Kier alpha value is -2.69. The summed E-state index contributed by atoms with van der Waals surface area (Å²) in [7, 11) is 0. The molecular formula is C16H17N3O2. The molecule has 0 radical (unpaired) electrons. The molecule has 2 rings (SSSR count). The number of nitrogens with one attached hydrogen (secondary N) is 1. The molecule has 1 aromatic carbocycles. The highest BCUT2D eigenvalue weighted by atomic mass is 16.5. The number of para-hydroxylation sites is 1. The van der Waals surface area contributed by atoms with Gasteiger partial charge in [-0.1, -0.05) is 19.1 Å². The summed E-state index contributed by atoms with van der Waals surface area (Å²) in [5, 5.41) is 3.96. The Morgan fingerprint density at radius 3 is 2.81 bits per heavy atom. The highest BCUT2D eigenvalue weighted by Gasteiger charge is 2.03. The van der Waals surface area contributed by atoms with Crippen molar-refractivity contribution in [2.24, 2.45) is 5.10 Å². The first-order chi connectivity index (χ1) is 10.3. The Labute approximate surface area is 123 Å². The van der Waals surface area contributed by atoms with E-state index in [0.29, 0.717) is 12.2 Å². The van der Waals surface area contributed by atoms with Gasteiger partial charge in [-0.2, -0.15) is 5.10 Å². The van der Waals surface area contributed by atoms with Crippen LogP contribution in [0.15, 0.2) is 53.9 Å². The summed E-state index contributed by atoms with van der Waals surface area (Å²) in [4.78, 5) is 15.7. The predicted octanol–water partition coefficient (Wildman–Crippen LogP) is 2.63. The molecule has 0 fully saturated rings. The van der Waals surface area contributed by atoms with E-state index in [0.717, 1.165) is 17.7 Å². The van der Waals surface area contributed by atoms with Gasteiger partial charge < -0.3 is 4.74 Å². The van der Waals surface area contributed by atoms with Gasteiger partial charge >= 0.3 is 0 Å². The molecule has 0 atom stereocenters. The summed E-state index contributed by atoms with van der Waals surface area (Å²) in [6.45, 7) is 2.69. The molecule has 21 heavy (non-hydrogen) atoms. The van der Waals surface area contributed by atoms with Crippen molar-refractivity contribution in [2.75, 3.05) is 6.61 Å². The van der Waals surface area contributed by atoms with Crippen LogP contribution in [0.2, 0.25) is 0 Å². The van der Waals surface area contributed by atoms with Crippen molar-refractivity contribution in [1.82, 2.24) is 10.4 Å². The van der Waals surface area contributed by atoms with Crippen LogP contribution in [0.4, 0.5) is 0 Å². The van der Waals surface area contributed by atoms with Gasteiger partial charge in [-0.25, -0.2) is 5.43 Å². The van der Waals surface area contributed by atoms with Crippen LogP contribution >= 0.6 is 0 Å². The second-order valence-electron chi connectivity index (χ2n) is 4.32. The Morgan fingerprint density at radius 2 is 2.05 bits per heavy atom. The molecule has 0 aliphatic rings. The molecule has 0 unspecified atom stereocenters. The summed E-state index contributed by atoms with van der Waals surface area (Å²) < 4.78 is 5.62. The van der Waals surface area contributed by atoms with Crippen LogP contribution in [0.1, 0.15) is 29.3 Å². The van der Waals surface area contributed by atoms with Crippen molar-refractivity contribution in [1.29, 1.82) is 0 Å². The number of amides is 1. The number of ether oxygens (including phenoxy) is 1. The van der Waals surface area contributed by atoms with E-state index in [-0.39, 0.29) is 5.91 Å². The normalized spacial score (nSPS) is 10.5. The molecule has 0 aliphatic carbocycles. The molecular weight excluding hydrogens is 266 g/mol. The molecule has 1 aromatic heterocycles. The lowest BCUT2D eigenvalue weighted by molar-refractivity contribution is 0.0955. The Morgan fingerprint density at radius 1 is 1.29 bits per heavy atom. The fourth-order valence-electron chi connectivity index (χ4n) is 1.66. The first-order valence-electron chi connectivity index (χ1n) is 6.76. The standard InChI is InChI=1S/C16H17N3O2/c1-2-11-21-15-6-4-3-5-14(15)12-18-19-16(20)13-7-9-17-10-8-13/h3-10,12H,2,11H2,1H3,(H,19,20)/b18-12-. The Balaban J connectivity index is 2.00. The van der Waals surface area contributed by atoms with Gasteiger partial charge in [0.1, 0.15) is 5.75 Å². The van der Waals surface area contributed by atoms with Gasteiger partial charge in [0.2, 0.25) is 0 Å². The van der Waals surface area contributed by atoms with Gasteiger partial charge in [-0.3, -0.25) is 9.78 Å². The van der Waals surface area contributed by atoms with Crippen LogP contribution in [0.5, 0.6) is 5.75 Å². The van der Waals surface area contributed by atoms with Crippen molar-refractivity contribution in [3.8, 4) is 5.75 Å². The van der Waals surface area contributed by atoms with E-state index < -0.39 is 0 Å². The summed E-state index contributed by atoms with van der Waals surface area (Å²) in [5.41, 5.74) is 3.81.